The normalized spacial score (nSPS) is 18.3. The van der Waals surface area contributed by atoms with Gasteiger partial charge in [-0.1, -0.05) is 12.5 Å². The molecule has 120 valence electrons. The van der Waals surface area contributed by atoms with Crippen LogP contribution < -0.4 is 10.7 Å². The predicted octanol–water partition coefficient (Wildman–Crippen LogP) is 2.42. The summed E-state index contributed by atoms with van der Waals surface area (Å²) in [4.78, 5) is 16.1. The minimum absolute atomic E-state index is 0.191. The minimum atomic E-state index is -0.359. The van der Waals surface area contributed by atoms with Crippen molar-refractivity contribution in [3.05, 3.63) is 54.2 Å². The summed E-state index contributed by atoms with van der Waals surface area (Å²) in [5, 5.41) is 4.96. The lowest BCUT2D eigenvalue weighted by molar-refractivity contribution is 0.0932. The van der Waals surface area contributed by atoms with Crippen LogP contribution in [0.15, 0.2) is 47.3 Å². The zero-order valence-corrected chi connectivity index (χ0v) is 13.4. The van der Waals surface area contributed by atoms with Crippen molar-refractivity contribution in [1.82, 2.24) is 20.7 Å². The van der Waals surface area contributed by atoms with Gasteiger partial charge in [0, 0.05) is 18.9 Å². The fourth-order valence-corrected chi connectivity index (χ4v) is 2.93. The number of hydrogen-bond donors (Lipinski definition) is 2. The molecule has 0 bridgehead atoms. The summed E-state index contributed by atoms with van der Waals surface area (Å²) < 4.78 is 5.06. The molecule has 2 N–H and O–H groups in total. The van der Waals surface area contributed by atoms with Gasteiger partial charge in [0.2, 0.25) is 0 Å². The molecule has 0 radical (unpaired) electrons. The Kier molecular flexibility index (Phi) is 4.99. The number of carbonyl (C=O) groups is 1. The lowest BCUT2D eigenvalue weighted by Gasteiger charge is -2.36. The smallest absolute Gasteiger partial charge is 0.293 e. The predicted molar refractivity (Wildman–Crippen MR) is 89.4 cm³/mol. The van der Waals surface area contributed by atoms with Gasteiger partial charge >= 0.3 is 0 Å². The number of hydrogen-bond acceptors (Lipinski definition) is 5. The number of hydrazine groups is 1. The van der Waals surface area contributed by atoms with Crippen LogP contribution in [0.1, 0.15) is 41.4 Å². The van der Waals surface area contributed by atoms with Gasteiger partial charge in [0.05, 0.1) is 12.3 Å². The van der Waals surface area contributed by atoms with Crippen molar-refractivity contribution in [3.63, 3.8) is 0 Å². The van der Waals surface area contributed by atoms with E-state index in [-0.39, 0.29) is 22.8 Å². The molecule has 1 fully saturated rings. The maximum atomic E-state index is 11.9. The van der Waals surface area contributed by atoms with Crippen molar-refractivity contribution in [3.8, 4) is 0 Å². The fourth-order valence-electron chi connectivity index (χ4n) is 2.72. The van der Waals surface area contributed by atoms with Gasteiger partial charge in [0.1, 0.15) is 0 Å². The van der Waals surface area contributed by atoms with E-state index >= 15 is 0 Å². The van der Waals surface area contributed by atoms with Crippen LogP contribution in [0, 0.1) is 0 Å². The van der Waals surface area contributed by atoms with E-state index in [2.05, 4.69) is 26.8 Å². The third-order valence-corrected chi connectivity index (χ3v) is 3.98. The molecule has 2 aromatic rings. The highest BCUT2D eigenvalue weighted by molar-refractivity contribution is 7.80. The standard InChI is InChI=1S/C16H18N4O2S/c21-15(14-7-4-10-22-14)18-16(23)19-20-9-2-1-6-13(20)12-5-3-8-17-11-12/h3-5,7-8,10-11,13H,1-2,6,9H2,(H2,18,19,21,23)/t13-/m0/s1. The number of aromatic nitrogens is 1. The Bertz CT molecular complexity index is 660. The summed E-state index contributed by atoms with van der Waals surface area (Å²) in [6, 6.07) is 7.43. The number of pyridine rings is 1. The van der Waals surface area contributed by atoms with E-state index in [0.717, 1.165) is 31.4 Å². The second-order valence-corrected chi connectivity index (χ2v) is 5.77. The zero-order chi connectivity index (χ0) is 16.1. The van der Waals surface area contributed by atoms with E-state index in [1.54, 1.807) is 18.3 Å². The number of nitrogens with zero attached hydrogens (tertiary/aromatic N) is 2. The zero-order valence-electron chi connectivity index (χ0n) is 12.6. The Morgan fingerprint density at radius 1 is 1.35 bits per heavy atom. The molecule has 1 atom stereocenters. The molecule has 3 heterocycles. The maximum absolute atomic E-state index is 11.9. The highest BCUT2D eigenvalue weighted by atomic mass is 32.1. The number of furan rings is 1. The summed E-state index contributed by atoms with van der Waals surface area (Å²) >= 11 is 5.25. The van der Waals surface area contributed by atoms with Gasteiger partial charge in [-0.05, 0) is 48.8 Å². The first kappa shape index (κ1) is 15.6. The Morgan fingerprint density at radius 2 is 2.26 bits per heavy atom. The van der Waals surface area contributed by atoms with Crippen molar-refractivity contribution in [2.45, 2.75) is 25.3 Å². The number of nitrogens with one attached hydrogen (secondary N) is 2. The quantitative estimate of drug-likeness (QED) is 0.842. The summed E-state index contributed by atoms with van der Waals surface area (Å²) in [5.41, 5.74) is 4.26. The SMILES string of the molecule is O=C(NC(=S)NN1CCCC[C@H]1c1cccnc1)c1ccco1. The van der Waals surface area contributed by atoms with Gasteiger partial charge in [0.15, 0.2) is 10.9 Å². The van der Waals surface area contributed by atoms with Gasteiger partial charge in [0.25, 0.3) is 5.91 Å². The highest BCUT2D eigenvalue weighted by Gasteiger charge is 2.25. The van der Waals surface area contributed by atoms with Crippen LogP contribution in [0.2, 0.25) is 0 Å². The molecule has 1 aliphatic rings. The second kappa shape index (κ2) is 7.34. The molecule has 0 unspecified atom stereocenters. The van der Waals surface area contributed by atoms with Crippen molar-refractivity contribution in [1.29, 1.82) is 0 Å². The topological polar surface area (TPSA) is 70.4 Å². The molecule has 23 heavy (non-hydrogen) atoms. The first-order valence-corrected chi connectivity index (χ1v) is 7.97. The lowest BCUT2D eigenvalue weighted by atomic mass is 9.98. The van der Waals surface area contributed by atoms with Gasteiger partial charge in [-0.3, -0.25) is 20.5 Å². The fraction of sp³-hybridized carbons (Fsp3) is 0.312. The molecule has 0 aromatic carbocycles. The van der Waals surface area contributed by atoms with Crippen molar-refractivity contribution in [2.75, 3.05) is 6.54 Å². The summed E-state index contributed by atoms with van der Waals surface area (Å²) in [7, 11) is 0. The Balaban J connectivity index is 1.63. The van der Waals surface area contributed by atoms with Crippen LogP contribution in [0.3, 0.4) is 0 Å². The van der Waals surface area contributed by atoms with Crippen molar-refractivity contribution in [2.24, 2.45) is 0 Å². The van der Waals surface area contributed by atoms with E-state index in [9.17, 15) is 4.79 Å². The first-order chi connectivity index (χ1) is 11.2. The first-order valence-electron chi connectivity index (χ1n) is 7.56. The average Bonchev–Trinajstić information content (AvgIpc) is 3.11. The number of piperidine rings is 1. The Morgan fingerprint density at radius 3 is 3.00 bits per heavy atom. The highest BCUT2D eigenvalue weighted by Crippen LogP contribution is 2.28. The molecule has 1 amide bonds. The number of thiocarbonyl (C=S) groups is 1. The maximum Gasteiger partial charge on any atom is 0.293 e. The van der Waals surface area contributed by atoms with Crippen LogP contribution in [0.4, 0.5) is 0 Å². The van der Waals surface area contributed by atoms with Crippen LogP contribution in [0.25, 0.3) is 0 Å². The molecule has 0 spiro atoms. The second-order valence-electron chi connectivity index (χ2n) is 5.36. The summed E-state index contributed by atoms with van der Waals surface area (Å²) in [6.45, 7) is 0.857. The number of amides is 1. The molecule has 0 saturated carbocycles. The monoisotopic (exact) mass is 330 g/mol. The Hall–Kier alpha value is -2.25. The molecule has 2 aromatic heterocycles. The van der Waals surface area contributed by atoms with E-state index in [4.69, 9.17) is 16.6 Å². The Labute approximate surface area is 139 Å². The van der Waals surface area contributed by atoms with Crippen LogP contribution in [-0.4, -0.2) is 27.6 Å². The lowest BCUT2D eigenvalue weighted by Crippen LogP contribution is -2.51. The van der Waals surface area contributed by atoms with Gasteiger partial charge in [-0.2, -0.15) is 0 Å². The third kappa shape index (κ3) is 3.94. The molecule has 1 aliphatic heterocycles. The van der Waals surface area contributed by atoms with Crippen molar-refractivity contribution >= 4 is 23.2 Å². The summed E-state index contributed by atoms with van der Waals surface area (Å²) in [6.07, 6.45) is 8.34. The van der Waals surface area contributed by atoms with Crippen LogP contribution >= 0.6 is 12.2 Å². The van der Waals surface area contributed by atoms with Gasteiger partial charge in [-0.15, -0.1) is 0 Å². The van der Waals surface area contributed by atoms with E-state index in [0.29, 0.717) is 0 Å². The molecule has 1 saturated heterocycles. The summed E-state index contributed by atoms with van der Waals surface area (Å²) in [5.74, 6) is -0.126. The van der Waals surface area contributed by atoms with Crippen LogP contribution in [-0.2, 0) is 0 Å². The van der Waals surface area contributed by atoms with E-state index in [1.807, 2.05) is 12.3 Å². The van der Waals surface area contributed by atoms with Gasteiger partial charge < -0.3 is 4.42 Å². The largest absolute Gasteiger partial charge is 0.459 e. The molecule has 7 heteroatoms. The molecule has 0 aliphatic carbocycles. The van der Waals surface area contributed by atoms with E-state index in [1.165, 1.54) is 6.26 Å². The average molecular weight is 330 g/mol. The van der Waals surface area contributed by atoms with Gasteiger partial charge in [-0.25, -0.2) is 5.01 Å². The minimum Gasteiger partial charge on any atom is -0.459 e. The molecular weight excluding hydrogens is 312 g/mol. The van der Waals surface area contributed by atoms with Crippen molar-refractivity contribution < 1.29 is 9.21 Å². The molecule has 3 rings (SSSR count). The van der Waals surface area contributed by atoms with E-state index < -0.39 is 0 Å². The number of rotatable bonds is 3. The third-order valence-electron chi connectivity index (χ3n) is 3.79. The molecule has 6 nitrogen and oxygen atoms in total. The molecular formula is C16H18N4O2S. The van der Waals surface area contributed by atoms with Crippen LogP contribution in [0.5, 0.6) is 0 Å². The number of carbonyl (C=O) groups excluding carboxylic acids is 1.